The number of rotatable bonds is 7. The number of aromatic nitrogens is 2. The molecule has 2 aromatic heterocycles. The lowest BCUT2D eigenvalue weighted by atomic mass is 10.0. The number of thioether (sulfide) groups is 1. The second-order valence-electron chi connectivity index (χ2n) is 7.82. The Labute approximate surface area is 184 Å². The highest BCUT2D eigenvalue weighted by atomic mass is 32.2. The van der Waals surface area contributed by atoms with Gasteiger partial charge >= 0.3 is 0 Å². The molecule has 3 aromatic rings. The van der Waals surface area contributed by atoms with Gasteiger partial charge in [-0.05, 0) is 56.2 Å². The van der Waals surface area contributed by atoms with Crippen LogP contribution in [0.4, 0.5) is 0 Å². The molecule has 7 heteroatoms. The molecule has 0 bridgehead atoms. The SMILES string of the molecule is CCCn1c(SCC(=O)NC(C)c2ccccc2C)nc2sc3c(c2c1=O)CCC3. The predicted octanol–water partition coefficient (Wildman–Crippen LogP) is 4.63. The first-order chi connectivity index (χ1) is 14.5. The van der Waals surface area contributed by atoms with Gasteiger partial charge in [-0.1, -0.05) is 43.0 Å². The van der Waals surface area contributed by atoms with Gasteiger partial charge in [0.05, 0.1) is 17.2 Å². The lowest BCUT2D eigenvalue weighted by molar-refractivity contribution is -0.119. The van der Waals surface area contributed by atoms with Crippen LogP contribution >= 0.6 is 23.1 Å². The summed E-state index contributed by atoms with van der Waals surface area (Å²) in [4.78, 5) is 32.8. The summed E-state index contributed by atoms with van der Waals surface area (Å²) >= 11 is 3.00. The van der Waals surface area contributed by atoms with Crippen molar-refractivity contribution in [1.82, 2.24) is 14.9 Å². The lowest BCUT2D eigenvalue weighted by Crippen LogP contribution is -2.29. The lowest BCUT2D eigenvalue weighted by Gasteiger charge is -2.17. The Hall–Kier alpha value is -2.12. The highest BCUT2D eigenvalue weighted by Crippen LogP contribution is 2.35. The Balaban J connectivity index is 1.53. The molecule has 0 fully saturated rings. The van der Waals surface area contributed by atoms with Gasteiger partial charge in [0.25, 0.3) is 5.56 Å². The van der Waals surface area contributed by atoms with Crippen LogP contribution in [0.5, 0.6) is 0 Å². The van der Waals surface area contributed by atoms with E-state index in [1.807, 2.05) is 38.1 Å². The molecule has 4 rings (SSSR count). The van der Waals surface area contributed by atoms with E-state index in [4.69, 9.17) is 4.98 Å². The predicted molar refractivity (Wildman–Crippen MR) is 125 cm³/mol. The van der Waals surface area contributed by atoms with Gasteiger partial charge in [0.1, 0.15) is 4.83 Å². The molecule has 1 atom stereocenters. The van der Waals surface area contributed by atoms with Crippen LogP contribution in [0.25, 0.3) is 10.2 Å². The number of nitrogens with zero attached hydrogens (tertiary/aromatic N) is 2. The van der Waals surface area contributed by atoms with Gasteiger partial charge in [0.2, 0.25) is 5.91 Å². The van der Waals surface area contributed by atoms with Crippen LogP contribution in [0.2, 0.25) is 0 Å². The van der Waals surface area contributed by atoms with E-state index in [1.54, 1.807) is 15.9 Å². The van der Waals surface area contributed by atoms with E-state index in [-0.39, 0.29) is 23.3 Å². The summed E-state index contributed by atoms with van der Waals surface area (Å²) in [7, 11) is 0. The van der Waals surface area contributed by atoms with Gasteiger partial charge in [0, 0.05) is 11.4 Å². The van der Waals surface area contributed by atoms with Gasteiger partial charge in [0.15, 0.2) is 5.16 Å². The van der Waals surface area contributed by atoms with Crippen LogP contribution in [0.1, 0.15) is 54.3 Å². The Kier molecular flexibility index (Phi) is 6.29. The first-order valence-electron chi connectivity index (χ1n) is 10.5. The second kappa shape index (κ2) is 8.94. The zero-order valence-corrected chi connectivity index (χ0v) is 19.3. The molecule has 1 amide bonds. The number of amides is 1. The number of hydrogen-bond donors (Lipinski definition) is 1. The second-order valence-corrected chi connectivity index (χ2v) is 9.85. The third-order valence-electron chi connectivity index (χ3n) is 5.60. The summed E-state index contributed by atoms with van der Waals surface area (Å²) in [5.74, 6) is 0.185. The average molecular weight is 442 g/mol. The van der Waals surface area contributed by atoms with Crippen molar-refractivity contribution in [1.29, 1.82) is 0 Å². The fraction of sp³-hybridized carbons (Fsp3) is 0.435. The minimum Gasteiger partial charge on any atom is -0.349 e. The van der Waals surface area contributed by atoms with Crippen LogP contribution in [-0.2, 0) is 24.2 Å². The number of fused-ring (bicyclic) bond motifs is 3. The summed E-state index contributed by atoms with van der Waals surface area (Å²) in [5.41, 5.74) is 3.54. The molecule has 1 aliphatic rings. The first-order valence-corrected chi connectivity index (χ1v) is 12.3. The van der Waals surface area contributed by atoms with Crippen molar-refractivity contribution in [2.45, 2.75) is 64.2 Å². The number of carbonyl (C=O) groups is 1. The van der Waals surface area contributed by atoms with E-state index in [0.29, 0.717) is 11.7 Å². The van der Waals surface area contributed by atoms with Crippen molar-refractivity contribution in [3.05, 3.63) is 56.2 Å². The smallest absolute Gasteiger partial charge is 0.263 e. The Morgan fingerprint density at radius 2 is 2.13 bits per heavy atom. The average Bonchev–Trinajstić information content (AvgIpc) is 3.30. The maximum atomic E-state index is 13.2. The molecule has 0 saturated carbocycles. The topological polar surface area (TPSA) is 64.0 Å². The van der Waals surface area contributed by atoms with E-state index < -0.39 is 0 Å². The maximum absolute atomic E-state index is 13.2. The van der Waals surface area contributed by atoms with Crippen LogP contribution in [-0.4, -0.2) is 21.2 Å². The van der Waals surface area contributed by atoms with Crippen molar-refractivity contribution >= 4 is 39.2 Å². The maximum Gasteiger partial charge on any atom is 0.263 e. The molecule has 0 aliphatic heterocycles. The summed E-state index contributed by atoms with van der Waals surface area (Å²) in [6, 6.07) is 8.01. The Morgan fingerprint density at radius 1 is 1.33 bits per heavy atom. The van der Waals surface area contributed by atoms with Gasteiger partial charge in [-0.25, -0.2) is 4.98 Å². The summed E-state index contributed by atoms with van der Waals surface area (Å²) < 4.78 is 1.76. The largest absolute Gasteiger partial charge is 0.349 e. The fourth-order valence-corrected chi connectivity index (χ4v) is 6.29. The quantitative estimate of drug-likeness (QED) is 0.429. The molecule has 30 heavy (non-hydrogen) atoms. The minimum atomic E-state index is -0.0622. The highest BCUT2D eigenvalue weighted by molar-refractivity contribution is 7.99. The van der Waals surface area contributed by atoms with Crippen molar-refractivity contribution in [3.63, 3.8) is 0 Å². The zero-order valence-electron chi connectivity index (χ0n) is 17.7. The van der Waals surface area contributed by atoms with E-state index in [9.17, 15) is 9.59 Å². The third kappa shape index (κ3) is 4.05. The van der Waals surface area contributed by atoms with Gasteiger partial charge in [-0.2, -0.15) is 0 Å². The molecular formula is C23H27N3O2S2. The third-order valence-corrected chi connectivity index (χ3v) is 7.76. The van der Waals surface area contributed by atoms with E-state index in [1.165, 1.54) is 22.2 Å². The number of carbonyl (C=O) groups excluding carboxylic acids is 1. The molecule has 1 aliphatic carbocycles. The Morgan fingerprint density at radius 3 is 2.90 bits per heavy atom. The van der Waals surface area contributed by atoms with Crippen molar-refractivity contribution in [2.75, 3.05) is 5.75 Å². The highest BCUT2D eigenvalue weighted by Gasteiger charge is 2.23. The summed E-state index contributed by atoms with van der Waals surface area (Å²) in [6.07, 6.45) is 4.00. The number of nitrogens with one attached hydrogen (secondary N) is 1. The first kappa shape index (κ1) is 21.1. The standard InChI is InChI=1S/C23H27N3O2S2/c1-4-12-26-22(28)20-17-10-7-11-18(17)30-21(20)25-23(26)29-13-19(27)24-15(3)16-9-6-5-8-14(16)2/h5-6,8-9,15H,4,7,10-13H2,1-3H3,(H,24,27). The number of thiophene rings is 1. The van der Waals surface area contributed by atoms with Crippen LogP contribution in [0, 0.1) is 6.92 Å². The normalized spacial score (nSPS) is 14.1. The van der Waals surface area contributed by atoms with E-state index in [2.05, 4.69) is 12.2 Å². The van der Waals surface area contributed by atoms with Gasteiger partial charge in [-0.3, -0.25) is 14.2 Å². The molecule has 1 N–H and O–H groups in total. The summed E-state index contributed by atoms with van der Waals surface area (Å²) in [5, 5.41) is 4.52. The molecule has 5 nitrogen and oxygen atoms in total. The minimum absolute atomic E-state index is 0.0532. The summed E-state index contributed by atoms with van der Waals surface area (Å²) in [6.45, 7) is 6.72. The van der Waals surface area contributed by atoms with Crippen LogP contribution in [0.3, 0.4) is 0 Å². The number of benzene rings is 1. The van der Waals surface area contributed by atoms with Crippen molar-refractivity contribution < 1.29 is 4.79 Å². The zero-order chi connectivity index (χ0) is 21.3. The molecule has 158 valence electrons. The monoisotopic (exact) mass is 441 g/mol. The van der Waals surface area contributed by atoms with Crippen LogP contribution < -0.4 is 10.9 Å². The van der Waals surface area contributed by atoms with Crippen LogP contribution in [0.15, 0.2) is 34.2 Å². The Bertz CT molecular complexity index is 1150. The number of aryl methyl sites for hydroxylation is 3. The molecule has 1 aromatic carbocycles. The molecule has 0 spiro atoms. The van der Waals surface area contributed by atoms with Gasteiger partial charge < -0.3 is 5.32 Å². The van der Waals surface area contributed by atoms with Gasteiger partial charge in [-0.15, -0.1) is 11.3 Å². The molecule has 0 saturated heterocycles. The van der Waals surface area contributed by atoms with E-state index in [0.717, 1.165) is 47.0 Å². The number of hydrogen-bond acceptors (Lipinski definition) is 5. The fourth-order valence-electron chi connectivity index (χ4n) is 4.15. The van der Waals surface area contributed by atoms with Crippen molar-refractivity contribution in [2.24, 2.45) is 0 Å². The molecule has 2 heterocycles. The van der Waals surface area contributed by atoms with E-state index >= 15 is 0 Å². The molecular weight excluding hydrogens is 414 g/mol. The molecule has 1 unspecified atom stereocenters. The molecule has 0 radical (unpaired) electrons. The van der Waals surface area contributed by atoms with Crippen molar-refractivity contribution in [3.8, 4) is 0 Å².